The highest BCUT2D eigenvalue weighted by Gasteiger charge is 2.21. The third-order valence-electron chi connectivity index (χ3n) is 4.85. The molecule has 4 aromatic rings. The highest BCUT2D eigenvalue weighted by atomic mass is 32.1. The number of Topliss-reactive ketones (excluding diaryl/α,β-unsaturated/α-hetero) is 1. The Morgan fingerprint density at radius 1 is 1.14 bits per heavy atom. The van der Waals surface area contributed by atoms with Crippen molar-refractivity contribution in [3.8, 4) is 16.9 Å². The zero-order chi connectivity index (χ0) is 20.4. The maximum absolute atomic E-state index is 13.3. The molecule has 0 amide bonds. The molecule has 6 heteroatoms. The Labute approximate surface area is 172 Å². The second-order valence-corrected chi connectivity index (χ2v) is 7.51. The zero-order valence-electron chi connectivity index (χ0n) is 16.2. The minimum atomic E-state index is -0.644. The van der Waals surface area contributed by atoms with Crippen molar-refractivity contribution in [3.05, 3.63) is 82.2 Å². The van der Waals surface area contributed by atoms with Crippen LogP contribution in [0.1, 0.15) is 30.2 Å². The summed E-state index contributed by atoms with van der Waals surface area (Å²) in [5.41, 5.74) is 2.10. The van der Waals surface area contributed by atoms with Crippen LogP contribution in [0, 0.1) is 0 Å². The number of carbonyl (C=O) groups is 1. The highest BCUT2D eigenvalue weighted by molar-refractivity contribution is 7.17. The fourth-order valence-electron chi connectivity index (χ4n) is 3.30. The van der Waals surface area contributed by atoms with Crippen LogP contribution in [0.3, 0.4) is 0 Å². The molecule has 2 aromatic carbocycles. The lowest BCUT2D eigenvalue weighted by Crippen LogP contribution is -2.28. The lowest BCUT2D eigenvalue weighted by atomic mass is 10.0. The predicted octanol–water partition coefficient (Wildman–Crippen LogP) is 4.97. The minimum Gasteiger partial charge on any atom is -0.494 e. The number of hydrogen-bond acceptors (Lipinski definition) is 5. The van der Waals surface area contributed by atoms with E-state index in [1.807, 2.05) is 54.8 Å². The van der Waals surface area contributed by atoms with E-state index in [0.29, 0.717) is 22.4 Å². The Bertz CT molecular complexity index is 1210. The fraction of sp³-hybridized carbons (Fsp3) is 0.174. The molecule has 1 atom stereocenters. The van der Waals surface area contributed by atoms with Crippen LogP contribution in [0.15, 0.2) is 71.1 Å². The topological polar surface area (TPSA) is 61.2 Å². The van der Waals surface area contributed by atoms with Gasteiger partial charge in [-0.2, -0.15) is 0 Å². The van der Waals surface area contributed by atoms with Crippen molar-refractivity contribution in [2.75, 3.05) is 6.61 Å². The molecule has 0 saturated heterocycles. The van der Waals surface area contributed by atoms with Crippen molar-refractivity contribution in [2.45, 2.75) is 19.9 Å². The molecular weight excluding hydrogens is 384 g/mol. The molecule has 2 heterocycles. The van der Waals surface area contributed by atoms with Crippen molar-refractivity contribution >= 4 is 27.3 Å². The predicted molar refractivity (Wildman–Crippen MR) is 116 cm³/mol. The van der Waals surface area contributed by atoms with Gasteiger partial charge < -0.3 is 4.74 Å². The van der Waals surface area contributed by atoms with E-state index in [0.717, 1.165) is 16.9 Å². The average molecular weight is 404 g/mol. The summed E-state index contributed by atoms with van der Waals surface area (Å²) in [7, 11) is 0. The number of fused-ring (bicyclic) bond motifs is 1. The monoisotopic (exact) mass is 404 g/mol. The van der Waals surface area contributed by atoms with Gasteiger partial charge in [0.05, 0.1) is 24.4 Å². The van der Waals surface area contributed by atoms with E-state index in [2.05, 4.69) is 4.98 Å². The number of hydrogen-bond donors (Lipinski definition) is 0. The normalized spacial score (nSPS) is 12.1. The molecule has 0 aliphatic heterocycles. The number of rotatable bonds is 6. The largest absolute Gasteiger partial charge is 0.494 e. The molecule has 2 aromatic heterocycles. The summed E-state index contributed by atoms with van der Waals surface area (Å²) in [6.07, 6.45) is 1.47. The molecule has 0 spiro atoms. The Morgan fingerprint density at radius 3 is 2.55 bits per heavy atom. The van der Waals surface area contributed by atoms with E-state index in [1.165, 1.54) is 22.2 Å². The first-order valence-corrected chi connectivity index (χ1v) is 10.3. The quantitative estimate of drug-likeness (QED) is 0.426. The van der Waals surface area contributed by atoms with Gasteiger partial charge in [0.1, 0.15) is 10.6 Å². The summed E-state index contributed by atoms with van der Waals surface area (Å²) in [5, 5.41) is 2.47. The first kappa shape index (κ1) is 19.1. The lowest BCUT2D eigenvalue weighted by molar-refractivity contribution is 0.0932. The minimum absolute atomic E-state index is 0.119. The second kappa shape index (κ2) is 8.01. The maximum Gasteiger partial charge on any atom is 0.263 e. The number of nitrogens with zero attached hydrogens (tertiary/aromatic N) is 2. The van der Waals surface area contributed by atoms with E-state index in [-0.39, 0.29) is 11.3 Å². The average Bonchev–Trinajstić information content (AvgIpc) is 3.19. The third kappa shape index (κ3) is 3.59. The van der Waals surface area contributed by atoms with Gasteiger partial charge in [-0.1, -0.05) is 42.5 Å². The zero-order valence-corrected chi connectivity index (χ0v) is 17.0. The Balaban J connectivity index is 1.76. The molecule has 0 saturated carbocycles. The van der Waals surface area contributed by atoms with Crippen molar-refractivity contribution in [2.24, 2.45) is 0 Å². The summed E-state index contributed by atoms with van der Waals surface area (Å²) >= 11 is 1.42. The Morgan fingerprint density at radius 2 is 1.86 bits per heavy atom. The van der Waals surface area contributed by atoms with E-state index < -0.39 is 6.04 Å². The Hall–Kier alpha value is -3.25. The Kier molecular flexibility index (Phi) is 5.27. The fourth-order valence-corrected chi connectivity index (χ4v) is 4.21. The summed E-state index contributed by atoms with van der Waals surface area (Å²) in [4.78, 5) is 31.2. The van der Waals surface area contributed by atoms with Crippen molar-refractivity contribution in [1.82, 2.24) is 9.55 Å². The molecular formula is C23H20N2O3S. The molecule has 0 aliphatic carbocycles. The lowest BCUT2D eigenvalue weighted by Gasteiger charge is -2.14. The summed E-state index contributed by atoms with van der Waals surface area (Å²) in [6, 6.07) is 16.0. The summed E-state index contributed by atoms with van der Waals surface area (Å²) in [5.74, 6) is 0.667. The number of ether oxygens (including phenoxy) is 1. The second-order valence-electron chi connectivity index (χ2n) is 6.65. The van der Waals surface area contributed by atoms with Crippen LogP contribution in [0.25, 0.3) is 21.3 Å². The molecule has 0 aliphatic rings. The van der Waals surface area contributed by atoms with Gasteiger partial charge in [-0.05, 0) is 31.5 Å². The molecule has 29 heavy (non-hydrogen) atoms. The number of thiophene rings is 1. The van der Waals surface area contributed by atoms with Crippen LogP contribution in [0.2, 0.25) is 0 Å². The highest BCUT2D eigenvalue weighted by Crippen LogP contribution is 2.32. The molecule has 0 N–H and O–H groups in total. The molecule has 4 rings (SSSR count). The van der Waals surface area contributed by atoms with E-state index in [4.69, 9.17) is 4.74 Å². The van der Waals surface area contributed by atoms with Gasteiger partial charge in [-0.15, -0.1) is 11.3 Å². The van der Waals surface area contributed by atoms with Crippen molar-refractivity contribution in [1.29, 1.82) is 0 Å². The number of benzene rings is 2. The first-order chi connectivity index (χ1) is 14.1. The van der Waals surface area contributed by atoms with Gasteiger partial charge >= 0.3 is 0 Å². The SMILES string of the molecule is CCOc1ccc(-c2csc3ncn(C(C)C(=O)c4ccccc4)c(=O)c23)cc1. The maximum atomic E-state index is 13.3. The van der Waals surface area contributed by atoms with Crippen LogP contribution in [0.5, 0.6) is 5.75 Å². The van der Waals surface area contributed by atoms with Gasteiger partial charge in [-0.3, -0.25) is 14.2 Å². The molecule has 0 fully saturated rings. The molecule has 146 valence electrons. The summed E-state index contributed by atoms with van der Waals surface area (Å²) < 4.78 is 6.91. The molecule has 1 unspecified atom stereocenters. The van der Waals surface area contributed by atoms with Gasteiger partial charge in [0, 0.05) is 16.5 Å². The summed E-state index contributed by atoms with van der Waals surface area (Å²) in [6.45, 7) is 4.27. The van der Waals surface area contributed by atoms with Gasteiger partial charge in [0.15, 0.2) is 5.78 Å². The smallest absolute Gasteiger partial charge is 0.263 e. The van der Waals surface area contributed by atoms with Gasteiger partial charge in [-0.25, -0.2) is 4.98 Å². The van der Waals surface area contributed by atoms with Crippen LogP contribution in [0.4, 0.5) is 0 Å². The van der Waals surface area contributed by atoms with E-state index in [1.54, 1.807) is 19.1 Å². The van der Waals surface area contributed by atoms with Crippen LogP contribution >= 0.6 is 11.3 Å². The van der Waals surface area contributed by atoms with Gasteiger partial charge in [0.2, 0.25) is 0 Å². The van der Waals surface area contributed by atoms with Crippen LogP contribution in [-0.2, 0) is 0 Å². The molecule has 0 bridgehead atoms. The molecule has 5 nitrogen and oxygen atoms in total. The van der Waals surface area contributed by atoms with Gasteiger partial charge in [0.25, 0.3) is 5.56 Å². The number of aromatic nitrogens is 2. The van der Waals surface area contributed by atoms with E-state index in [9.17, 15) is 9.59 Å². The van der Waals surface area contributed by atoms with E-state index >= 15 is 0 Å². The molecule has 0 radical (unpaired) electrons. The number of ketones is 1. The standard InChI is InChI=1S/C23H20N2O3S/c1-3-28-18-11-9-16(10-12-18)19-13-29-22-20(19)23(27)25(14-24-22)15(2)21(26)17-7-5-4-6-8-17/h4-15H,3H2,1-2H3. The van der Waals surface area contributed by atoms with Crippen molar-refractivity contribution in [3.63, 3.8) is 0 Å². The van der Waals surface area contributed by atoms with Crippen molar-refractivity contribution < 1.29 is 9.53 Å². The van der Waals surface area contributed by atoms with Crippen LogP contribution in [-0.4, -0.2) is 21.9 Å². The third-order valence-corrected chi connectivity index (χ3v) is 5.74. The number of carbonyl (C=O) groups excluding carboxylic acids is 1. The van der Waals surface area contributed by atoms with Crippen LogP contribution < -0.4 is 10.3 Å². The first-order valence-electron chi connectivity index (χ1n) is 9.41.